The fourth-order valence-corrected chi connectivity index (χ4v) is 2.43. The first-order valence-electron chi connectivity index (χ1n) is 5.89. The molecule has 0 fully saturated rings. The van der Waals surface area contributed by atoms with Crippen LogP contribution < -0.4 is 63.9 Å². The fourth-order valence-electron chi connectivity index (χ4n) is 1.89. The summed E-state index contributed by atoms with van der Waals surface area (Å²) >= 11 is 1.43. The first-order chi connectivity index (χ1) is 9.55. The van der Waals surface area contributed by atoms with Gasteiger partial charge in [-0.25, -0.2) is 9.97 Å². The van der Waals surface area contributed by atoms with Crippen LogP contribution in [0.25, 0.3) is 16.9 Å². The summed E-state index contributed by atoms with van der Waals surface area (Å²) in [6.07, 6.45) is 9.49. The van der Waals surface area contributed by atoms with E-state index in [-0.39, 0.29) is 76.6 Å². The second kappa shape index (κ2) is 7.90. The molecule has 2 aromatic heterocycles. The molecule has 0 aromatic carbocycles. The van der Waals surface area contributed by atoms with Gasteiger partial charge in [0, 0.05) is 6.54 Å². The molecule has 0 saturated heterocycles. The number of hydrogen-bond donors (Lipinski definition) is 2. The van der Waals surface area contributed by atoms with Gasteiger partial charge in [-0.15, -0.1) is 18.2 Å². The van der Waals surface area contributed by atoms with Crippen molar-refractivity contribution >= 4 is 34.7 Å². The van der Waals surface area contributed by atoms with Gasteiger partial charge in [-0.05, 0) is 18.5 Å². The molecule has 0 amide bonds. The Balaban J connectivity index is 0.00000220. The van der Waals surface area contributed by atoms with Crippen molar-refractivity contribution in [3.63, 3.8) is 0 Å². The summed E-state index contributed by atoms with van der Waals surface area (Å²) in [5, 5.41) is 9.44. The second-order valence-corrected chi connectivity index (χ2v) is 5.48. The zero-order valence-electron chi connectivity index (χ0n) is 12.0. The number of nitrogens with zero attached hydrogens (tertiary/aromatic N) is 4. The summed E-state index contributed by atoms with van der Waals surface area (Å²) < 4.78 is 1.13. The van der Waals surface area contributed by atoms with Crippen LogP contribution in [-0.4, -0.2) is 42.2 Å². The van der Waals surface area contributed by atoms with Crippen LogP contribution in [-0.2, 0) is 6.54 Å². The quantitative estimate of drug-likeness (QED) is 0.596. The number of fused-ring (bicyclic) bond motifs is 1. The van der Waals surface area contributed by atoms with E-state index in [0.29, 0.717) is 24.1 Å². The standard InChI is InChI=1S/C12H15N6OS.Rb/c1-3-12(6-19,20-2)4-5-18-7-15-10-8(18)9(13)16-11(14)17-10;/h1,7,19H,4-6H2,2H3,(H3-,13,14,16,17);/q-1;+1. The van der Waals surface area contributed by atoms with Crippen molar-refractivity contribution in [3.8, 4) is 12.3 Å². The van der Waals surface area contributed by atoms with Crippen LogP contribution in [0.1, 0.15) is 6.42 Å². The number of thioether (sulfide) groups is 1. The zero-order valence-corrected chi connectivity index (χ0v) is 17.7. The van der Waals surface area contributed by atoms with Crippen molar-refractivity contribution in [2.45, 2.75) is 17.7 Å². The van der Waals surface area contributed by atoms with Crippen molar-refractivity contribution in [3.05, 3.63) is 12.1 Å². The van der Waals surface area contributed by atoms with E-state index in [1.54, 1.807) is 10.9 Å². The van der Waals surface area contributed by atoms with E-state index in [0.717, 1.165) is 0 Å². The molecule has 4 N–H and O–H groups in total. The van der Waals surface area contributed by atoms with Crippen molar-refractivity contribution < 1.29 is 63.3 Å². The molecule has 0 spiro atoms. The second-order valence-electron chi connectivity index (χ2n) is 4.29. The molecular weight excluding hydrogens is 362 g/mol. The Morgan fingerprint density at radius 2 is 2.29 bits per heavy atom. The Morgan fingerprint density at radius 3 is 2.86 bits per heavy atom. The molecule has 1 unspecified atom stereocenters. The fraction of sp³-hybridized carbons (Fsp3) is 0.417. The molecular formula is C12H15N6ORbS. The third-order valence-corrected chi connectivity index (χ3v) is 4.39. The predicted octanol–water partition coefficient (Wildman–Crippen LogP) is -1.79. The summed E-state index contributed by atoms with van der Waals surface area (Å²) in [5.74, 6) is 2.69. The number of terminal acetylenes is 1. The number of aromatic nitrogens is 4. The van der Waals surface area contributed by atoms with Gasteiger partial charge in [-0.2, -0.15) is 0 Å². The van der Waals surface area contributed by atoms with Crippen molar-refractivity contribution in [1.82, 2.24) is 19.5 Å². The molecule has 0 bridgehead atoms. The molecule has 106 valence electrons. The number of hydrogen-bond acceptors (Lipinski definition) is 6. The number of rotatable bonds is 5. The van der Waals surface area contributed by atoms with E-state index in [9.17, 15) is 5.11 Å². The van der Waals surface area contributed by atoms with Gasteiger partial charge in [0.15, 0.2) is 5.65 Å². The summed E-state index contributed by atoms with van der Waals surface area (Å²) in [7, 11) is 0. The molecule has 0 radical (unpaired) electrons. The average Bonchev–Trinajstić information content (AvgIpc) is 2.84. The molecule has 0 aliphatic rings. The molecule has 2 heterocycles. The first kappa shape index (κ1) is 18.9. The molecule has 0 aliphatic heterocycles. The Morgan fingerprint density at radius 1 is 1.57 bits per heavy atom. The third kappa shape index (κ3) is 3.97. The Bertz CT molecular complexity index is 664. The van der Waals surface area contributed by atoms with E-state index < -0.39 is 4.75 Å². The van der Waals surface area contributed by atoms with Gasteiger partial charge in [0.25, 0.3) is 0 Å². The molecule has 2 rings (SSSR count). The van der Waals surface area contributed by atoms with Gasteiger partial charge >= 0.3 is 58.2 Å². The maximum atomic E-state index is 9.44. The minimum atomic E-state index is -0.631. The minimum absolute atomic E-state index is 0. The molecule has 0 saturated carbocycles. The zero-order chi connectivity index (χ0) is 14.8. The van der Waals surface area contributed by atoms with Crippen LogP contribution in [0.4, 0.5) is 11.8 Å². The van der Waals surface area contributed by atoms with Gasteiger partial charge < -0.3 is 26.1 Å². The minimum Gasteiger partial charge on any atom is -0.480 e. The smallest absolute Gasteiger partial charge is 0.480 e. The van der Waals surface area contributed by atoms with Gasteiger partial charge in [0.2, 0.25) is 0 Å². The largest absolute Gasteiger partial charge is 1.00 e. The van der Waals surface area contributed by atoms with Crippen LogP contribution in [0, 0.1) is 12.3 Å². The first-order valence-corrected chi connectivity index (χ1v) is 7.11. The van der Waals surface area contributed by atoms with Crippen molar-refractivity contribution in [2.24, 2.45) is 0 Å². The van der Waals surface area contributed by atoms with E-state index in [2.05, 4.69) is 20.9 Å². The van der Waals surface area contributed by atoms with E-state index in [1.807, 2.05) is 6.26 Å². The number of nitrogens with two attached hydrogens (primary N) is 1. The number of aryl methyl sites for hydroxylation is 1. The summed E-state index contributed by atoms with van der Waals surface area (Å²) in [4.78, 5) is 11.9. The Kier molecular flexibility index (Phi) is 7.10. The normalized spacial score (nSPS) is 13.4. The van der Waals surface area contributed by atoms with Gasteiger partial charge in [-0.1, -0.05) is 5.92 Å². The Hall–Kier alpha value is -0.175. The number of anilines is 1. The van der Waals surface area contributed by atoms with Gasteiger partial charge in [0.05, 0.1) is 18.5 Å². The monoisotopic (exact) mass is 376 g/mol. The molecule has 7 nitrogen and oxygen atoms in total. The average molecular weight is 377 g/mol. The third-order valence-electron chi connectivity index (χ3n) is 3.16. The SMILES string of the molecule is C#CC(CO)(CCn1cnc2nc(N)nc([NH-])c21)SC.[Rb+]. The van der Waals surface area contributed by atoms with Crippen LogP contribution in [0.15, 0.2) is 6.33 Å². The number of aliphatic hydroxyl groups is 1. The van der Waals surface area contributed by atoms with Crippen LogP contribution >= 0.6 is 11.8 Å². The number of aliphatic hydroxyl groups excluding tert-OH is 1. The maximum Gasteiger partial charge on any atom is 1.00 e. The number of imidazole rings is 1. The van der Waals surface area contributed by atoms with Gasteiger partial charge in [-0.3, -0.25) is 0 Å². The van der Waals surface area contributed by atoms with Crippen molar-refractivity contribution in [1.29, 1.82) is 0 Å². The van der Waals surface area contributed by atoms with Gasteiger partial charge in [0.1, 0.15) is 10.7 Å². The molecule has 9 heteroatoms. The molecule has 1 atom stereocenters. The Labute approximate surface area is 176 Å². The summed E-state index contributed by atoms with van der Waals surface area (Å²) in [6.45, 7) is 0.412. The summed E-state index contributed by atoms with van der Waals surface area (Å²) in [5.41, 5.74) is 14.2. The number of nitrogens with one attached hydrogen (secondary N) is 1. The van der Waals surface area contributed by atoms with E-state index in [1.165, 1.54) is 11.8 Å². The molecule has 0 aliphatic carbocycles. The maximum absolute atomic E-state index is 9.44. The van der Waals surface area contributed by atoms with Crippen LogP contribution in [0.3, 0.4) is 0 Å². The topological polar surface area (TPSA) is 114 Å². The summed E-state index contributed by atoms with van der Waals surface area (Å²) in [6, 6.07) is 0. The predicted molar refractivity (Wildman–Crippen MR) is 80.5 cm³/mol. The van der Waals surface area contributed by atoms with E-state index >= 15 is 0 Å². The number of nitrogen functional groups attached to an aromatic ring is 1. The van der Waals surface area contributed by atoms with Crippen LogP contribution in [0.5, 0.6) is 0 Å². The van der Waals surface area contributed by atoms with E-state index in [4.69, 9.17) is 17.9 Å². The molecule has 21 heavy (non-hydrogen) atoms. The molecule has 2 aromatic rings. The van der Waals surface area contributed by atoms with Crippen molar-refractivity contribution in [2.75, 3.05) is 18.6 Å². The van der Waals surface area contributed by atoms with Crippen LogP contribution in [0.2, 0.25) is 0 Å².